The number of unbranched alkanes of at least 4 members (excludes halogenated alkanes) is 1. The number of aryl methyl sites for hydroxylation is 1. The van der Waals surface area contributed by atoms with Crippen molar-refractivity contribution < 1.29 is 14.7 Å². The predicted octanol–water partition coefficient (Wildman–Crippen LogP) is 2.98. The van der Waals surface area contributed by atoms with Crippen LogP contribution in [0.4, 0.5) is 9.80 Å². The van der Waals surface area contributed by atoms with E-state index >= 15 is 0 Å². The fourth-order valence-electron chi connectivity index (χ4n) is 1.50. The van der Waals surface area contributed by atoms with Crippen LogP contribution in [-0.4, -0.2) is 23.7 Å². The van der Waals surface area contributed by atoms with Gasteiger partial charge < -0.3 is 10.4 Å². The van der Waals surface area contributed by atoms with Crippen molar-refractivity contribution in [2.75, 3.05) is 11.9 Å². The summed E-state index contributed by atoms with van der Waals surface area (Å²) < 4.78 is 0. The van der Waals surface area contributed by atoms with Crippen LogP contribution in [-0.2, 0) is 0 Å². The Kier molecular flexibility index (Phi) is 5.15. The molecule has 0 saturated heterocycles. The minimum Gasteiger partial charge on any atom is -0.478 e. The largest absolute Gasteiger partial charge is 0.478 e. The molecular formula is C12H18N2O3S. The molecule has 1 aromatic heterocycles. The third-order valence-electron chi connectivity index (χ3n) is 2.64. The minimum absolute atomic E-state index is 0.183. The van der Waals surface area contributed by atoms with Gasteiger partial charge in [-0.2, -0.15) is 0 Å². The molecule has 1 aromatic rings. The molecule has 1 rings (SSSR count). The maximum absolute atomic E-state index is 11.6. The van der Waals surface area contributed by atoms with Crippen molar-refractivity contribution in [1.82, 2.24) is 5.32 Å². The lowest BCUT2D eigenvalue weighted by Gasteiger charge is -2.06. The van der Waals surface area contributed by atoms with Gasteiger partial charge in [0.05, 0.1) is 5.56 Å². The molecule has 5 nitrogen and oxygen atoms in total. The Labute approximate surface area is 110 Å². The molecule has 3 N–H and O–H groups in total. The van der Waals surface area contributed by atoms with Crippen LogP contribution in [0.2, 0.25) is 0 Å². The average molecular weight is 270 g/mol. The first kappa shape index (κ1) is 14.5. The second-order valence-electron chi connectivity index (χ2n) is 4.03. The molecule has 0 aliphatic heterocycles. The Hall–Kier alpha value is -1.56. The van der Waals surface area contributed by atoms with Crippen LogP contribution in [0.1, 0.15) is 40.6 Å². The van der Waals surface area contributed by atoms with Crippen molar-refractivity contribution >= 4 is 28.3 Å². The summed E-state index contributed by atoms with van der Waals surface area (Å²) in [6.07, 6.45) is 1.90. The molecule has 0 aliphatic carbocycles. The molecular weight excluding hydrogens is 252 g/mol. The van der Waals surface area contributed by atoms with Gasteiger partial charge in [0.25, 0.3) is 0 Å². The molecule has 0 radical (unpaired) electrons. The highest BCUT2D eigenvalue weighted by Crippen LogP contribution is 2.32. The summed E-state index contributed by atoms with van der Waals surface area (Å²) in [5, 5.41) is 14.8. The summed E-state index contributed by atoms with van der Waals surface area (Å²) in [6.45, 7) is 6.21. The summed E-state index contributed by atoms with van der Waals surface area (Å²) in [4.78, 5) is 23.6. The lowest BCUT2D eigenvalue weighted by atomic mass is 10.1. The van der Waals surface area contributed by atoms with Crippen LogP contribution >= 0.6 is 11.3 Å². The molecule has 0 saturated carbocycles. The average Bonchev–Trinajstić information content (AvgIpc) is 2.54. The van der Waals surface area contributed by atoms with Crippen LogP contribution in [0.5, 0.6) is 0 Å². The number of carbonyl (C=O) groups excluding carboxylic acids is 1. The van der Waals surface area contributed by atoms with Gasteiger partial charge in [0.1, 0.15) is 5.00 Å². The van der Waals surface area contributed by atoms with E-state index in [4.69, 9.17) is 5.11 Å². The van der Waals surface area contributed by atoms with E-state index in [0.29, 0.717) is 17.1 Å². The molecule has 0 fully saturated rings. The van der Waals surface area contributed by atoms with E-state index in [2.05, 4.69) is 10.6 Å². The fraction of sp³-hybridized carbons (Fsp3) is 0.500. The second-order valence-corrected chi connectivity index (χ2v) is 5.25. The first-order chi connectivity index (χ1) is 8.47. The van der Waals surface area contributed by atoms with Gasteiger partial charge in [0, 0.05) is 11.4 Å². The number of carboxylic acids is 1. The summed E-state index contributed by atoms with van der Waals surface area (Å²) >= 11 is 1.28. The zero-order valence-corrected chi connectivity index (χ0v) is 11.6. The van der Waals surface area contributed by atoms with Gasteiger partial charge in [0.15, 0.2) is 0 Å². The van der Waals surface area contributed by atoms with E-state index in [0.717, 1.165) is 17.7 Å². The number of thiophene rings is 1. The van der Waals surface area contributed by atoms with Crippen LogP contribution in [0.15, 0.2) is 0 Å². The SMILES string of the molecule is CCCCNC(=O)Nc1sc(C)c(C)c1C(=O)O. The van der Waals surface area contributed by atoms with Crippen molar-refractivity contribution in [3.05, 3.63) is 16.0 Å². The first-order valence-corrected chi connectivity index (χ1v) is 6.67. The lowest BCUT2D eigenvalue weighted by molar-refractivity contribution is 0.0697. The number of nitrogens with one attached hydrogen (secondary N) is 2. The molecule has 100 valence electrons. The zero-order valence-electron chi connectivity index (χ0n) is 10.8. The molecule has 2 amide bonds. The summed E-state index contributed by atoms with van der Waals surface area (Å²) in [7, 11) is 0. The zero-order chi connectivity index (χ0) is 13.7. The molecule has 18 heavy (non-hydrogen) atoms. The predicted molar refractivity (Wildman–Crippen MR) is 72.7 cm³/mol. The number of hydrogen-bond acceptors (Lipinski definition) is 3. The van der Waals surface area contributed by atoms with E-state index < -0.39 is 5.97 Å². The molecule has 0 aliphatic rings. The van der Waals surface area contributed by atoms with E-state index in [1.54, 1.807) is 6.92 Å². The Morgan fingerprint density at radius 3 is 2.56 bits per heavy atom. The van der Waals surface area contributed by atoms with Gasteiger partial charge in [-0.15, -0.1) is 11.3 Å². The highest BCUT2D eigenvalue weighted by molar-refractivity contribution is 7.16. The number of amides is 2. The van der Waals surface area contributed by atoms with Crippen LogP contribution in [0, 0.1) is 13.8 Å². The minimum atomic E-state index is -1.01. The van der Waals surface area contributed by atoms with Crippen molar-refractivity contribution in [2.45, 2.75) is 33.6 Å². The van der Waals surface area contributed by atoms with Crippen molar-refractivity contribution in [3.8, 4) is 0 Å². The third kappa shape index (κ3) is 3.46. The van der Waals surface area contributed by atoms with Crippen LogP contribution < -0.4 is 10.6 Å². The number of hydrogen-bond donors (Lipinski definition) is 3. The van der Waals surface area contributed by atoms with Gasteiger partial charge in [0.2, 0.25) is 0 Å². The number of carboxylic acid groups (broad SMARTS) is 1. The number of aromatic carboxylic acids is 1. The molecule has 0 bridgehead atoms. The number of rotatable bonds is 5. The maximum atomic E-state index is 11.6. The smallest absolute Gasteiger partial charge is 0.338 e. The molecule has 0 aromatic carbocycles. The monoisotopic (exact) mass is 270 g/mol. The highest BCUT2D eigenvalue weighted by Gasteiger charge is 2.19. The van der Waals surface area contributed by atoms with Crippen molar-refractivity contribution in [3.63, 3.8) is 0 Å². The Morgan fingerprint density at radius 2 is 2.00 bits per heavy atom. The first-order valence-electron chi connectivity index (χ1n) is 5.85. The standard InChI is InChI=1S/C12H18N2O3S/c1-4-5-6-13-12(17)14-10-9(11(15)16)7(2)8(3)18-10/h4-6H2,1-3H3,(H,15,16)(H2,13,14,17). The van der Waals surface area contributed by atoms with Gasteiger partial charge in [-0.3, -0.25) is 5.32 Å². The fourth-order valence-corrected chi connectivity index (χ4v) is 2.55. The lowest BCUT2D eigenvalue weighted by Crippen LogP contribution is -2.29. The molecule has 1 heterocycles. The van der Waals surface area contributed by atoms with E-state index in [-0.39, 0.29) is 11.6 Å². The maximum Gasteiger partial charge on any atom is 0.338 e. The highest BCUT2D eigenvalue weighted by atomic mass is 32.1. The van der Waals surface area contributed by atoms with Crippen LogP contribution in [0.25, 0.3) is 0 Å². The second kappa shape index (κ2) is 6.39. The third-order valence-corrected chi connectivity index (χ3v) is 3.76. The summed E-state index contributed by atoms with van der Waals surface area (Å²) in [6, 6.07) is -0.354. The molecule has 0 unspecified atom stereocenters. The van der Waals surface area contributed by atoms with Crippen LogP contribution in [0.3, 0.4) is 0 Å². The summed E-state index contributed by atoms with van der Waals surface area (Å²) in [5.41, 5.74) is 0.888. The van der Waals surface area contributed by atoms with Gasteiger partial charge in [-0.05, 0) is 25.8 Å². The summed E-state index contributed by atoms with van der Waals surface area (Å²) in [5.74, 6) is -1.01. The Bertz CT molecular complexity index is 454. The molecule has 6 heteroatoms. The Balaban J connectivity index is 2.75. The molecule has 0 spiro atoms. The number of anilines is 1. The quantitative estimate of drug-likeness (QED) is 0.720. The number of carbonyl (C=O) groups is 2. The Morgan fingerprint density at radius 1 is 1.33 bits per heavy atom. The topological polar surface area (TPSA) is 78.4 Å². The number of urea groups is 1. The van der Waals surface area contributed by atoms with Gasteiger partial charge >= 0.3 is 12.0 Å². The van der Waals surface area contributed by atoms with Crippen molar-refractivity contribution in [1.29, 1.82) is 0 Å². The van der Waals surface area contributed by atoms with Gasteiger partial charge in [-0.25, -0.2) is 9.59 Å². The van der Waals surface area contributed by atoms with Gasteiger partial charge in [-0.1, -0.05) is 13.3 Å². The molecule has 0 atom stereocenters. The van der Waals surface area contributed by atoms with E-state index in [1.165, 1.54) is 11.3 Å². The van der Waals surface area contributed by atoms with E-state index in [9.17, 15) is 9.59 Å². The normalized spacial score (nSPS) is 10.2. The van der Waals surface area contributed by atoms with E-state index in [1.807, 2.05) is 13.8 Å². The van der Waals surface area contributed by atoms with Crippen molar-refractivity contribution in [2.24, 2.45) is 0 Å².